The smallest absolute Gasteiger partial charge is 0.391 e. The topological polar surface area (TPSA) is 71.5 Å². The van der Waals surface area contributed by atoms with E-state index in [2.05, 4.69) is 10.3 Å². The average Bonchev–Trinajstić information content (AvgIpc) is 3.14. The second-order valence-electron chi connectivity index (χ2n) is 7.10. The highest BCUT2D eigenvalue weighted by molar-refractivity contribution is 7.09. The molecule has 0 spiro atoms. The van der Waals surface area contributed by atoms with Crippen molar-refractivity contribution in [2.45, 2.75) is 50.9 Å². The Hall–Kier alpha value is -2.13. The van der Waals surface area contributed by atoms with Crippen LogP contribution in [0.4, 0.5) is 13.2 Å². The summed E-state index contributed by atoms with van der Waals surface area (Å²) in [4.78, 5) is 15.0. The van der Waals surface area contributed by atoms with E-state index in [0.717, 1.165) is 16.3 Å². The van der Waals surface area contributed by atoms with Crippen LogP contribution in [0.5, 0.6) is 5.75 Å². The normalized spacial score (nSPS) is 19.8. The number of thiazole rings is 1. The Morgan fingerprint density at radius 3 is 2.52 bits per heavy atom. The summed E-state index contributed by atoms with van der Waals surface area (Å²) >= 11 is 1.49. The van der Waals surface area contributed by atoms with Crippen LogP contribution in [0, 0.1) is 5.92 Å². The van der Waals surface area contributed by atoms with Gasteiger partial charge in [0, 0.05) is 24.0 Å². The molecule has 29 heavy (non-hydrogen) atoms. The maximum atomic E-state index is 12.7. The Kier molecular flexibility index (Phi) is 7.13. The molecular weight excluding hydrogens is 405 g/mol. The maximum Gasteiger partial charge on any atom is 0.391 e. The van der Waals surface area contributed by atoms with Crippen molar-refractivity contribution in [3.63, 3.8) is 0 Å². The molecule has 1 aromatic carbocycles. The first-order valence-electron chi connectivity index (χ1n) is 9.52. The van der Waals surface area contributed by atoms with Gasteiger partial charge in [0.05, 0.1) is 24.1 Å². The van der Waals surface area contributed by atoms with Gasteiger partial charge in [0.15, 0.2) is 0 Å². The summed E-state index contributed by atoms with van der Waals surface area (Å²) in [6.07, 6.45) is -3.15. The lowest BCUT2D eigenvalue weighted by Gasteiger charge is -2.30. The number of nitrogens with zero attached hydrogens (tertiary/aromatic N) is 1. The molecule has 5 nitrogen and oxygen atoms in total. The fourth-order valence-corrected chi connectivity index (χ4v) is 4.09. The summed E-state index contributed by atoms with van der Waals surface area (Å²) in [7, 11) is 0. The third kappa shape index (κ3) is 6.43. The van der Waals surface area contributed by atoms with Crippen molar-refractivity contribution in [2.75, 3.05) is 6.54 Å². The van der Waals surface area contributed by atoms with Crippen LogP contribution in [0.25, 0.3) is 11.3 Å². The van der Waals surface area contributed by atoms with E-state index in [1.165, 1.54) is 11.3 Å². The predicted molar refractivity (Wildman–Crippen MR) is 104 cm³/mol. The number of nitrogens with one attached hydrogen (secondary N) is 1. The van der Waals surface area contributed by atoms with Gasteiger partial charge >= 0.3 is 12.1 Å². The molecule has 0 radical (unpaired) electrons. The van der Waals surface area contributed by atoms with Gasteiger partial charge in [-0.15, -0.1) is 11.3 Å². The first-order valence-corrected chi connectivity index (χ1v) is 10.4. The highest BCUT2D eigenvalue weighted by Crippen LogP contribution is 2.38. The lowest BCUT2D eigenvalue weighted by molar-refractivity contribution is -0.185. The second kappa shape index (κ2) is 9.58. The van der Waals surface area contributed by atoms with E-state index in [1.807, 2.05) is 29.6 Å². The lowest BCUT2D eigenvalue weighted by Crippen LogP contribution is -2.31. The molecule has 2 N–H and O–H groups in total. The highest BCUT2D eigenvalue weighted by atomic mass is 32.1. The van der Waals surface area contributed by atoms with Gasteiger partial charge in [0.25, 0.3) is 0 Å². The van der Waals surface area contributed by atoms with Gasteiger partial charge in [-0.1, -0.05) is 0 Å². The van der Waals surface area contributed by atoms with Crippen molar-refractivity contribution in [1.29, 1.82) is 0 Å². The Morgan fingerprint density at radius 2 is 1.90 bits per heavy atom. The van der Waals surface area contributed by atoms with Crippen molar-refractivity contribution in [3.8, 4) is 17.0 Å². The summed E-state index contributed by atoms with van der Waals surface area (Å²) in [5, 5.41) is 14.5. The first kappa shape index (κ1) is 21.6. The minimum Gasteiger partial charge on any atom is -0.490 e. The molecule has 2 aromatic rings. The number of aliphatic carboxylic acids is 1. The van der Waals surface area contributed by atoms with Gasteiger partial charge in [0.2, 0.25) is 0 Å². The molecule has 0 saturated heterocycles. The molecule has 1 aromatic heterocycles. The molecule has 1 aliphatic rings. The fourth-order valence-electron chi connectivity index (χ4n) is 3.32. The summed E-state index contributed by atoms with van der Waals surface area (Å²) in [6, 6.07) is 7.39. The zero-order valence-corrected chi connectivity index (χ0v) is 16.6. The number of benzene rings is 1. The van der Waals surface area contributed by atoms with E-state index < -0.39 is 18.1 Å². The zero-order chi connectivity index (χ0) is 20.9. The van der Waals surface area contributed by atoms with Crippen LogP contribution in [0.2, 0.25) is 0 Å². The summed E-state index contributed by atoms with van der Waals surface area (Å²) in [6.45, 7) is 0.904. The number of rotatable bonds is 8. The molecular formula is C20H23F3N2O3S. The van der Waals surface area contributed by atoms with Gasteiger partial charge in [-0.2, -0.15) is 13.2 Å². The van der Waals surface area contributed by atoms with E-state index >= 15 is 0 Å². The monoisotopic (exact) mass is 428 g/mol. The van der Waals surface area contributed by atoms with Gasteiger partial charge in [-0.3, -0.25) is 4.79 Å². The number of hydrogen-bond acceptors (Lipinski definition) is 5. The van der Waals surface area contributed by atoms with E-state index in [9.17, 15) is 18.0 Å². The van der Waals surface area contributed by atoms with Crippen LogP contribution in [-0.2, 0) is 11.3 Å². The van der Waals surface area contributed by atoms with Crippen molar-refractivity contribution in [3.05, 3.63) is 34.7 Å². The molecule has 0 amide bonds. The van der Waals surface area contributed by atoms with E-state index in [4.69, 9.17) is 9.84 Å². The number of aromatic nitrogens is 1. The average molecular weight is 428 g/mol. The molecule has 1 heterocycles. The van der Waals surface area contributed by atoms with E-state index in [1.54, 1.807) is 0 Å². The Morgan fingerprint density at radius 1 is 1.21 bits per heavy atom. The summed E-state index contributed by atoms with van der Waals surface area (Å²) < 4.78 is 44.1. The number of hydrogen-bond donors (Lipinski definition) is 2. The summed E-state index contributed by atoms with van der Waals surface area (Å²) in [5.41, 5.74) is 1.74. The number of ether oxygens (including phenoxy) is 1. The van der Waals surface area contributed by atoms with Gasteiger partial charge in [-0.25, -0.2) is 4.98 Å². The highest BCUT2D eigenvalue weighted by Gasteiger charge is 2.41. The number of carboxylic acids is 1. The minimum atomic E-state index is -4.11. The molecule has 3 rings (SSSR count). The quantitative estimate of drug-likeness (QED) is 0.587. The second-order valence-corrected chi connectivity index (χ2v) is 8.05. The standard InChI is InChI=1S/C20H23F3N2O3S/c21-20(22,23)14-3-7-16(8-4-14)28-15-5-1-13(2-6-15)17-12-29-18(25-17)11-24-10-9-19(26)27/h1-2,5-6,12,14,16,24H,3-4,7-11H2,(H,26,27)/t14-,16+. The number of alkyl halides is 3. The molecule has 9 heteroatoms. The SMILES string of the molecule is O=C(O)CCNCc1nc(-c2ccc(O[C@H]3CC[C@@H](C(F)(F)F)CC3)cc2)cs1. The molecule has 158 valence electrons. The third-order valence-corrected chi connectivity index (χ3v) is 5.78. The van der Waals surface area contributed by atoms with Crippen LogP contribution < -0.4 is 10.1 Å². The molecule has 1 saturated carbocycles. The fraction of sp³-hybridized carbons (Fsp3) is 0.500. The van der Waals surface area contributed by atoms with E-state index in [0.29, 0.717) is 31.7 Å². The largest absolute Gasteiger partial charge is 0.490 e. The van der Waals surface area contributed by atoms with Crippen molar-refractivity contribution in [1.82, 2.24) is 10.3 Å². The first-order chi connectivity index (χ1) is 13.8. The Labute approximate surface area is 170 Å². The maximum absolute atomic E-state index is 12.7. The number of carboxylic acid groups (broad SMARTS) is 1. The summed E-state index contributed by atoms with van der Waals surface area (Å²) in [5.74, 6) is -1.40. The van der Waals surface area contributed by atoms with Crippen molar-refractivity contribution >= 4 is 17.3 Å². The van der Waals surface area contributed by atoms with Crippen LogP contribution in [0.15, 0.2) is 29.6 Å². The molecule has 0 atom stereocenters. The van der Waals surface area contributed by atoms with Crippen LogP contribution in [0.1, 0.15) is 37.1 Å². The number of halogens is 3. The molecule has 1 fully saturated rings. The van der Waals surface area contributed by atoms with Gasteiger partial charge in [-0.05, 0) is 49.9 Å². The third-order valence-electron chi connectivity index (χ3n) is 4.93. The lowest BCUT2D eigenvalue weighted by atomic mass is 9.87. The van der Waals surface area contributed by atoms with E-state index in [-0.39, 0.29) is 25.4 Å². The predicted octanol–water partition coefficient (Wildman–Crippen LogP) is 4.87. The molecule has 0 unspecified atom stereocenters. The van der Waals surface area contributed by atoms with Gasteiger partial charge < -0.3 is 15.2 Å². The van der Waals surface area contributed by atoms with Crippen LogP contribution >= 0.6 is 11.3 Å². The molecule has 0 aliphatic heterocycles. The van der Waals surface area contributed by atoms with Gasteiger partial charge in [0.1, 0.15) is 10.8 Å². The van der Waals surface area contributed by atoms with Crippen LogP contribution in [-0.4, -0.2) is 34.9 Å². The van der Waals surface area contributed by atoms with Crippen LogP contribution in [0.3, 0.4) is 0 Å². The Balaban J connectivity index is 1.49. The Bertz CT molecular complexity index is 800. The van der Waals surface area contributed by atoms with Crippen molar-refractivity contribution in [2.24, 2.45) is 5.92 Å². The molecule has 1 aliphatic carbocycles. The van der Waals surface area contributed by atoms with Crippen molar-refractivity contribution < 1.29 is 27.8 Å². The minimum absolute atomic E-state index is 0.0670. The zero-order valence-electron chi connectivity index (χ0n) is 15.7. The number of carbonyl (C=O) groups is 1. The molecule has 0 bridgehead atoms.